The molecule has 0 aliphatic carbocycles. The lowest BCUT2D eigenvalue weighted by Crippen LogP contribution is -2.64. The monoisotopic (exact) mass is 195 g/mol. The van der Waals surface area contributed by atoms with Crippen LogP contribution in [0.2, 0.25) is 0 Å². The Morgan fingerprint density at radius 3 is 2.14 bits per heavy atom. The molecule has 0 radical (unpaired) electrons. The Bertz CT molecular complexity index is 201. The van der Waals surface area contributed by atoms with Crippen molar-refractivity contribution in [2.24, 2.45) is 0 Å². The molecule has 1 heterocycles. The molecule has 0 fully saturated rings. The van der Waals surface area contributed by atoms with E-state index >= 15 is 0 Å². The average molecular weight is 195 g/mol. The first-order valence-corrected chi connectivity index (χ1v) is 5.45. The van der Waals surface area contributed by atoms with Crippen molar-refractivity contribution in [2.45, 2.75) is 32.5 Å². The van der Waals surface area contributed by atoms with Crippen molar-refractivity contribution in [3.05, 3.63) is 24.4 Å². The van der Waals surface area contributed by atoms with Crippen LogP contribution in [0, 0.1) is 0 Å². The van der Waals surface area contributed by atoms with Crippen molar-refractivity contribution in [2.75, 3.05) is 13.1 Å². The molecule has 0 spiro atoms. The second kappa shape index (κ2) is 5.83. The third-order valence-electron chi connectivity index (χ3n) is 2.17. The van der Waals surface area contributed by atoms with Crippen molar-refractivity contribution >= 4 is 0 Å². The van der Waals surface area contributed by atoms with Crippen molar-refractivity contribution in [1.82, 2.24) is 16.0 Å². The molecule has 1 aliphatic rings. The van der Waals surface area contributed by atoms with Crippen LogP contribution in [0.15, 0.2) is 24.4 Å². The number of nitrogens with one attached hydrogen (secondary N) is 3. The molecular weight excluding hydrogens is 174 g/mol. The van der Waals surface area contributed by atoms with Crippen LogP contribution in [-0.4, -0.2) is 18.9 Å². The Labute approximate surface area is 86.7 Å². The van der Waals surface area contributed by atoms with Gasteiger partial charge in [-0.1, -0.05) is 19.9 Å². The minimum Gasteiger partial charge on any atom is -0.358 e. The molecule has 0 saturated heterocycles. The predicted octanol–water partition coefficient (Wildman–Crippen LogP) is 1.31. The van der Waals surface area contributed by atoms with E-state index in [0.29, 0.717) is 0 Å². The van der Waals surface area contributed by atoms with E-state index in [1.54, 1.807) is 0 Å². The van der Waals surface area contributed by atoms with E-state index in [9.17, 15) is 0 Å². The van der Waals surface area contributed by atoms with Gasteiger partial charge in [0.15, 0.2) is 5.79 Å². The summed E-state index contributed by atoms with van der Waals surface area (Å²) in [7, 11) is 0. The lowest BCUT2D eigenvalue weighted by atomic mass is 10.2. The summed E-state index contributed by atoms with van der Waals surface area (Å²) < 4.78 is 0. The highest BCUT2D eigenvalue weighted by Crippen LogP contribution is 2.03. The standard InChI is InChI=1S/C11H21N3/c1-3-8-12-11(13-9-4-2)7-5-6-10-14-11/h5-7,10,12-14H,3-4,8-9H2,1-2H3. The average Bonchev–Trinajstić information content (AvgIpc) is 2.25. The first-order valence-electron chi connectivity index (χ1n) is 5.45. The quantitative estimate of drug-likeness (QED) is 0.559. The Balaban J connectivity index is 2.50. The van der Waals surface area contributed by atoms with Crippen molar-refractivity contribution < 1.29 is 0 Å². The first kappa shape index (κ1) is 11.3. The number of rotatable bonds is 6. The second-order valence-electron chi connectivity index (χ2n) is 3.52. The molecule has 0 saturated carbocycles. The van der Waals surface area contributed by atoms with Crippen LogP contribution in [0.5, 0.6) is 0 Å². The van der Waals surface area contributed by atoms with Crippen LogP contribution in [0.4, 0.5) is 0 Å². The maximum Gasteiger partial charge on any atom is 0.163 e. The SMILES string of the molecule is CCCNC1(NCCC)C=CC=CN1. The number of hydrogen-bond donors (Lipinski definition) is 3. The molecule has 0 atom stereocenters. The topological polar surface area (TPSA) is 36.1 Å². The van der Waals surface area contributed by atoms with Crippen LogP contribution in [0.25, 0.3) is 0 Å². The van der Waals surface area contributed by atoms with Gasteiger partial charge in [0.25, 0.3) is 0 Å². The van der Waals surface area contributed by atoms with Gasteiger partial charge in [0.2, 0.25) is 0 Å². The van der Waals surface area contributed by atoms with Gasteiger partial charge in [-0.25, -0.2) is 0 Å². The van der Waals surface area contributed by atoms with E-state index in [2.05, 4.69) is 41.9 Å². The van der Waals surface area contributed by atoms with Crippen molar-refractivity contribution in [1.29, 1.82) is 0 Å². The maximum absolute atomic E-state index is 3.46. The van der Waals surface area contributed by atoms with Crippen LogP contribution in [0.1, 0.15) is 26.7 Å². The molecule has 1 aliphatic heterocycles. The van der Waals surface area contributed by atoms with Crippen LogP contribution >= 0.6 is 0 Å². The number of dihydropyridines is 1. The summed E-state index contributed by atoms with van der Waals surface area (Å²) in [5, 5.41) is 10.2. The minimum absolute atomic E-state index is 0.235. The van der Waals surface area contributed by atoms with Crippen molar-refractivity contribution in [3.63, 3.8) is 0 Å². The normalized spacial score (nSPS) is 18.1. The zero-order valence-electron chi connectivity index (χ0n) is 9.14. The molecule has 1 rings (SSSR count). The Hall–Kier alpha value is -0.800. The molecule has 14 heavy (non-hydrogen) atoms. The second-order valence-corrected chi connectivity index (χ2v) is 3.52. The summed E-state index contributed by atoms with van der Waals surface area (Å²) >= 11 is 0. The molecule has 0 aromatic carbocycles. The largest absolute Gasteiger partial charge is 0.358 e. The first-order chi connectivity index (χ1) is 6.83. The molecule has 3 nitrogen and oxygen atoms in total. The molecule has 0 aromatic heterocycles. The van der Waals surface area contributed by atoms with Crippen LogP contribution < -0.4 is 16.0 Å². The van der Waals surface area contributed by atoms with Gasteiger partial charge in [-0.05, 0) is 44.3 Å². The summed E-state index contributed by atoms with van der Waals surface area (Å²) in [5.74, 6) is -0.235. The molecule has 3 N–H and O–H groups in total. The Morgan fingerprint density at radius 2 is 1.71 bits per heavy atom. The maximum atomic E-state index is 3.46. The highest BCUT2D eigenvalue weighted by Gasteiger charge is 2.23. The van der Waals surface area contributed by atoms with Gasteiger partial charge in [-0.3, -0.25) is 10.6 Å². The summed E-state index contributed by atoms with van der Waals surface area (Å²) in [4.78, 5) is 0. The fourth-order valence-electron chi connectivity index (χ4n) is 1.41. The Morgan fingerprint density at radius 1 is 1.07 bits per heavy atom. The zero-order chi connectivity index (χ0) is 10.3. The molecule has 0 amide bonds. The molecule has 0 aromatic rings. The van der Waals surface area contributed by atoms with Gasteiger partial charge in [-0.2, -0.15) is 0 Å². The zero-order valence-corrected chi connectivity index (χ0v) is 9.14. The van der Waals surface area contributed by atoms with E-state index in [0.717, 1.165) is 25.9 Å². The van der Waals surface area contributed by atoms with E-state index in [4.69, 9.17) is 0 Å². The van der Waals surface area contributed by atoms with Gasteiger partial charge < -0.3 is 5.32 Å². The molecule has 0 bridgehead atoms. The molecule has 80 valence electrons. The minimum atomic E-state index is -0.235. The lowest BCUT2D eigenvalue weighted by molar-refractivity contribution is 0.287. The van der Waals surface area contributed by atoms with Crippen LogP contribution in [0.3, 0.4) is 0 Å². The molecule has 3 heteroatoms. The molecular formula is C11H21N3. The van der Waals surface area contributed by atoms with Crippen LogP contribution in [-0.2, 0) is 0 Å². The summed E-state index contributed by atoms with van der Waals surface area (Å²) in [6.07, 6.45) is 10.4. The highest BCUT2D eigenvalue weighted by molar-refractivity contribution is 5.17. The smallest absolute Gasteiger partial charge is 0.163 e. The van der Waals surface area contributed by atoms with E-state index < -0.39 is 0 Å². The van der Waals surface area contributed by atoms with E-state index in [-0.39, 0.29) is 5.79 Å². The third kappa shape index (κ3) is 3.16. The summed E-state index contributed by atoms with van der Waals surface area (Å²) in [5.41, 5.74) is 0. The van der Waals surface area contributed by atoms with Gasteiger partial charge in [0, 0.05) is 0 Å². The third-order valence-corrected chi connectivity index (χ3v) is 2.17. The van der Waals surface area contributed by atoms with Gasteiger partial charge in [-0.15, -0.1) is 0 Å². The number of hydrogen-bond acceptors (Lipinski definition) is 3. The van der Waals surface area contributed by atoms with E-state index in [1.165, 1.54) is 0 Å². The van der Waals surface area contributed by atoms with Gasteiger partial charge in [0.1, 0.15) is 0 Å². The van der Waals surface area contributed by atoms with Gasteiger partial charge in [0.05, 0.1) is 0 Å². The predicted molar refractivity (Wildman–Crippen MR) is 60.7 cm³/mol. The highest BCUT2D eigenvalue weighted by atomic mass is 15.3. The van der Waals surface area contributed by atoms with E-state index in [1.807, 2.05) is 12.3 Å². The number of allylic oxidation sites excluding steroid dienone is 2. The molecule has 0 unspecified atom stereocenters. The fourth-order valence-corrected chi connectivity index (χ4v) is 1.41. The lowest BCUT2D eigenvalue weighted by Gasteiger charge is -2.35. The van der Waals surface area contributed by atoms with Gasteiger partial charge >= 0.3 is 0 Å². The Kier molecular flexibility index (Phi) is 4.70. The van der Waals surface area contributed by atoms with Crippen molar-refractivity contribution in [3.8, 4) is 0 Å². The summed E-state index contributed by atoms with van der Waals surface area (Å²) in [6.45, 7) is 6.34. The fraction of sp³-hybridized carbons (Fsp3) is 0.636. The summed E-state index contributed by atoms with van der Waals surface area (Å²) in [6, 6.07) is 0.